The van der Waals surface area contributed by atoms with Crippen molar-refractivity contribution in [1.82, 2.24) is 20.0 Å². The number of hydrogen-bond donors (Lipinski definition) is 1. The van der Waals surface area contributed by atoms with E-state index in [9.17, 15) is 4.79 Å². The molecule has 0 aliphatic carbocycles. The minimum absolute atomic E-state index is 0.0461. The van der Waals surface area contributed by atoms with Crippen molar-refractivity contribution < 1.29 is 9.21 Å². The fraction of sp³-hybridized carbons (Fsp3) is 0.200. The summed E-state index contributed by atoms with van der Waals surface area (Å²) in [4.78, 5) is 12.2. The highest BCUT2D eigenvalue weighted by Gasteiger charge is 2.14. The molecule has 0 fully saturated rings. The number of rotatable bonds is 3. The Morgan fingerprint density at radius 1 is 1.18 bits per heavy atom. The average molecular weight is 297 g/mol. The molecule has 0 radical (unpaired) electrons. The second-order valence-electron chi connectivity index (χ2n) is 5.12. The SMILES string of the molecule is Cc1cc(C)cc(C(=O)Nc2nnc(-c3ccn(C)n3)o2)c1. The Hall–Kier alpha value is -2.96. The first-order valence-electron chi connectivity index (χ1n) is 6.74. The fourth-order valence-electron chi connectivity index (χ4n) is 2.18. The zero-order valence-corrected chi connectivity index (χ0v) is 12.5. The minimum atomic E-state index is -0.289. The van der Waals surface area contributed by atoms with Crippen LogP contribution >= 0.6 is 0 Å². The number of carbonyl (C=O) groups is 1. The van der Waals surface area contributed by atoms with E-state index in [0.717, 1.165) is 11.1 Å². The van der Waals surface area contributed by atoms with Gasteiger partial charge in [0.1, 0.15) is 5.69 Å². The first-order valence-corrected chi connectivity index (χ1v) is 6.74. The van der Waals surface area contributed by atoms with Crippen molar-refractivity contribution in [3.63, 3.8) is 0 Å². The summed E-state index contributed by atoms with van der Waals surface area (Å²) in [7, 11) is 1.79. The van der Waals surface area contributed by atoms with E-state index in [1.807, 2.05) is 19.9 Å². The quantitative estimate of drug-likeness (QED) is 0.802. The van der Waals surface area contributed by atoms with Crippen molar-refractivity contribution in [1.29, 1.82) is 0 Å². The number of amides is 1. The van der Waals surface area contributed by atoms with Crippen LogP contribution in [-0.4, -0.2) is 25.9 Å². The summed E-state index contributed by atoms with van der Waals surface area (Å²) in [5, 5.41) is 14.4. The number of hydrogen-bond acceptors (Lipinski definition) is 5. The van der Waals surface area contributed by atoms with Crippen molar-refractivity contribution in [2.75, 3.05) is 5.32 Å². The van der Waals surface area contributed by atoms with Crippen LogP contribution in [0.3, 0.4) is 0 Å². The second-order valence-corrected chi connectivity index (χ2v) is 5.12. The molecule has 0 aliphatic rings. The molecule has 2 aromatic heterocycles. The third-order valence-electron chi connectivity index (χ3n) is 3.06. The summed E-state index contributed by atoms with van der Waals surface area (Å²) in [6.07, 6.45) is 1.77. The Labute approximate surface area is 127 Å². The predicted molar refractivity (Wildman–Crippen MR) is 80.4 cm³/mol. The van der Waals surface area contributed by atoms with Gasteiger partial charge in [-0.05, 0) is 32.0 Å². The Morgan fingerprint density at radius 2 is 1.91 bits per heavy atom. The zero-order valence-electron chi connectivity index (χ0n) is 12.5. The Bertz CT molecular complexity index is 814. The van der Waals surface area contributed by atoms with Gasteiger partial charge in [-0.1, -0.05) is 22.3 Å². The Kier molecular flexibility index (Phi) is 3.46. The standard InChI is InChI=1S/C15H15N5O2/c1-9-6-10(2)8-11(7-9)13(21)16-15-18-17-14(22-15)12-4-5-20(3)19-12/h4-8H,1-3H3,(H,16,18,21). The molecule has 2 heterocycles. The summed E-state index contributed by atoms with van der Waals surface area (Å²) in [5.74, 6) is -0.0284. The first-order chi connectivity index (χ1) is 10.5. The number of nitrogens with zero attached hydrogens (tertiary/aromatic N) is 4. The van der Waals surface area contributed by atoms with Crippen LogP contribution in [0.5, 0.6) is 0 Å². The maximum atomic E-state index is 12.2. The lowest BCUT2D eigenvalue weighted by Crippen LogP contribution is -2.12. The lowest BCUT2D eigenvalue weighted by atomic mass is 10.1. The van der Waals surface area contributed by atoms with Gasteiger partial charge in [0.05, 0.1) is 0 Å². The van der Waals surface area contributed by atoms with Crippen LogP contribution in [0.15, 0.2) is 34.9 Å². The van der Waals surface area contributed by atoms with Crippen LogP contribution in [0.1, 0.15) is 21.5 Å². The van der Waals surface area contributed by atoms with E-state index in [1.165, 1.54) is 0 Å². The van der Waals surface area contributed by atoms with Gasteiger partial charge < -0.3 is 4.42 Å². The lowest BCUT2D eigenvalue weighted by molar-refractivity contribution is 0.102. The summed E-state index contributed by atoms with van der Waals surface area (Å²) in [5.41, 5.74) is 3.15. The molecule has 0 saturated carbocycles. The molecule has 0 atom stereocenters. The van der Waals surface area contributed by atoms with Crippen LogP contribution in [0.25, 0.3) is 11.6 Å². The van der Waals surface area contributed by atoms with Crippen LogP contribution in [-0.2, 0) is 7.05 Å². The molecule has 1 amide bonds. The van der Waals surface area contributed by atoms with Crippen molar-refractivity contribution >= 4 is 11.9 Å². The molecule has 1 N–H and O–H groups in total. The Morgan fingerprint density at radius 3 is 2.55 bits per heavy atom. The van der Waals surface area contributed by atoms with Crippen molar-refractivity contribution in [2.45, 2.75) is 13.8 Å². The van der Waals surface area contributed by atoms with Crippen molar-refractivity contribution in [2.24, 2.45) is 7.05 Å². The number of carbonyl (C=O) groups excluding carboxylic acids is 1. The summed E-state index contributed by atoms with van der Waals surface area (Å²) in [6, 6.07) is 7.41. The molecule has 0 unspecified atom stereocenters. The lowest BCUT2D eigenvalue weighted by Gasteiger charge is -2.03. The van der Waals surface area contributed by atoms with Gasteiger partial charge in [-0.25, -0.2) is 0 Å². The van der Waals surface area contributed by atoms with E-state index in [2.05, 4.69) is 20.6 Å². The smallest absolute Gasteiger partial charge is 0.322 e. The molecule has 22 heavy (non-hydrogen) atoms. The van der Waals surface area contributed by atoms with Crippen LogP contribution in [0, 0.1) is 13.8 Å². The van der Waals surface area contributed by atoms with Gasteiger partial charge in [0, 0.05) is 18.8 Å². The van der Waals surface area contributed by atoms with Gasteiger partial charge in [-0.2, -0.15) is 5.10 Å². The minimum Gasteiger partial charge on any atom is -0.401 e. The van der Waals surface area contributed by atoms with E-state index >= 15 is 0 Å². The van der Waals surface area contributed by atoms with E-state index < -0.39 is 0 Å². The zero-order chi connectivity index (χ0) is 15.7. The van der Waals surface area contributed by atoms with Crippen LogP contribution in [0.2, 0.25) is 0 Å². The normalized spacial score (nSPS) is 10.7. The molecule has 112 valence electrons. The number of benzene rings is 1. The molecule has 3 aromatic rings. The van der Waals surface area contributed by atoms with Crippen molar-refractivity contribution in [3.8, 4) is 11.6 Å². The molecule has 0 spiro atoms. The van der Waals surface area contributed by atoms with E-state index in [-0.39, 0.29) is 17.8 Å². The van der Waals surface area contributed by atoms with Gasteiger partial charge >= 0.3 is 6.01 Å². The predicted octanol–water partition coefficient (Wildman–Crippen LogP) is 2.34. The fourth-order valence-corrected chi connectivity index (χ4v) is 2.18. The second kappa shape index (κ2) is 5.44. The van der Waals surface area contributed by atoms with Gasteiger partial charge in [0.15, 0.2) is 0 Å². The summed E-state index contributed by atoms with van der Waals surface area (Å²) < 4.78 is 7.04. The Balaban J connectivity index is 1.78. The summed E-state index contributed by atoms with van der Waals surface area (Å²) >= 11 is 0. The molecule has 7 heteroatoms. The third-order valence-corrected chi connectivity index (χ3v) is 3.06. The van der Waals surface area contributed by atoms with E-state index in [1.54, 1.807) is 36.1 Å². The van der Waals surface area contributed by atoms with Crippen LogP contribution in [0.4, 0.5) is 6.01 Å². The molecule has 1 aromatic carbocycles. The highest BCUT2D eigenvalue weighted by Crippen LogP contribution is 2.18. The number of nitrogens with one attached hydrogen (secondary N) is 1. The highest BCUT2D eigenvalue weighted by atomic mass is 16.4. The van der Waals surface area contributed by atoms with Crippen LogP contribution < -0.4 is 5.32 Å². The van der Waals surface area contributed by atoms with Crippen molar-refractivity contribution in [3.05, 3.63) is 47.2 Å². The largest absolute Gasteiger partial charge is 0.401 e. The molecule has 0 aliphatic heterocycles. The first kappa shape index (κ1) is 14.0. The highest BCUT2D eigenvalue weighted by molar-refractivity contribution is 6.03. The molecular formula is C15H15N5O2. The van der Waals surface area contributed by atoms with E-state index in [4.69, 9.17) is 4.42 Å². The molecule has 7 nitrogen and oxygen atoms in total. The van der Waals surface area contributed by atoms with Gasteiger partial charge in [0.2, 0.25) is 0 Å². The molecule has 0 saturated heterocycles. The maximum absolute atomic E-state index is 12.2. The van der Waals surface area contributed by atoms with Gasteiger partial charge in [-0.3, -0.25) is 14.8 Å². The van der Waals surface area contributed by atoms with Gasteiger partial charge in [-0.15, -0.1) is 5.10 Å². The third kappa shape index (κ3) is 2.88. The molecular weight excluding hydrogens is 282 g/mol. The average Bonchev–Trinajstić information content (AvgIpc) is 3.06. The van der Waals surface area contributed by atoms with E-state index in [0.29, 0.717) is 11.3 Å². The molecule has 3 rings (SSSR count). The topological polar surface area (TPSA) is 85.8 Å². The van der Waals surface area contributed by atoms with Gasteiger partial charge in [0.25, 0.3) is 11.8 Å². The monoisotopic (exact) mass is 297 g/mol. The number of anilines is 1. The molecule has 0 bridgehead atoms. The summed E-state index contributed by atoms with van der Waals surface area (Å²) in [6.45, 7) is 3.88. The maximum Gasteiger partial charge on any atom is 0.322 e. The number of aromatic nitrogens is 4. The number of aryl methyl sites for hydroxylation is 3.